The molecular weight excluding hydrogens is 236 g/mol. The van der Waals surface area contributed by atoms with Crippen molar-refractivity contribution >= 4 is 11.6 Å². The van der Waals surface area contributed by atoms with Crippen molar-refractivity contribution in [3.05, 3.63) is 11.9 Å². The molecule has 1 fully saturated rings. The third kappa shape index (κ3) is 4.08. The van der Waals surface area contributed by atoms with E-state index in [9.17, 15) is 0 Å². The maximum Gasteiger partial charge on any atom is 0.134 e. The largest absolute Gasteiger partial charge is 0.370 e. The van der Waals surface area contributed by atoms with Crippen LogP contribution in [0.5, 0.6) is 0 Å². The lowest BCUT2D eigenvalue weighted by molar-refractivity contribution is 0.694. The smallest absolute Gasteiger partial charge is 0.134 e. The molecule has 1 heterocycles. The van der Waals surface area contributed by atoms with Crippen molar-refractivity contribution in [3.63, 3.8) is 0 Å². The predicted octanol–water partition coefficient (Wildman–Crippen LogP) is 3.10. The minimum Gasteiger partial charge on any atom is -0.370 e. The summed E-state index contributed by atoms with van der Waals surface area (Å²) < 4.78 is 0. The summed E-state index contributed by atoms with van der Waals surface area (Å²) >= 11 is 0. The lowest BCUT2D eigenvalue weighted by Crippen LogP contribution is -2.28. The molecule has 0 amide bonds. The van der Waals surface area contributed by atoms with Gasteiger partial charge in [-0.15, -0.1) is 0 Å². The molecule has 1 N–H and O–H groups in total. The Morgan fingerprint density at radius 3 is 2.63 bits per heavy atom. The molecule has 0 aliphatic heterocycles. The van der Waals surface area contributed by atoms with E-state index in [-0.39, 0.29) is 0 Å². The van der Waals surface area contributed by atoms with Gasteiger partial charge in [0.15, 0.2) is 0 Å². The first-order valence-electron chi connectivity index (χ1n) is 7.63. The maximum absolute atomic E-state index is 4.71. The number of aromatic nitrogens is 2. The quantitative estimate of drug-likeness (QED) is 0.781. The van der Waals surface area contributed by atoms with E-state index in [1.165, 1.54) is 12.8 Å². The molecule has 19 heavy (non-hydrogen) atoms. The molecule has 2 rings (SSSR count). The average Bonchev–Trinajstić information content (AvgIpc) is 3.22. The average molecular weight is 262 g/mol. The Labute approximate surface area is 116 Å². The summed E-state index contributed by atoms with van der Waals surface area (Å²) in [4.78, 5) is 11.7. The summed E-state index contributed by atoms with van der Waals surface area (Å²) in [6.45, 7) is 9.58. The van der Waals surface area contributed by atoms with Crippen LogP contribution < -0.4 is 10.2 Å². The maximum atomic E-state index is 4.71. The summed E-state index contributed by atoms with van der Waals surface area (Å²) in [7, 11) is 0. The Bertz CT molecular complexity index is 401. The van der Waals surface area contributed by atoms with Gasteiger partial charge in [-0.05, 0) is 32.1 Å². The molecule has 0 spiro atoms. The summed E-state index contributed by atoms with van der Waals surface area (Å²) in [6, 6.07) is 2.10. The van der Waals surface area contributed by atoms with Gasteiger partial charge in [-0.1, -0.05) is 13.8 Å². The standard InChI is InChI=1S/C15H26N4/c1-4-9-19(11-12-7-8-12)15-10-14(16-6-3)17-13(5-2)18-15/h10,12H,4-9,11H2,1-3H3,(H,16,17,18). The van der Waals surface area contributed by atoms with Gasteiger partial charge in [-0.25, -0.2) is 9.97 Å². The summed E-state index contributed by atoms with van der Waals surface area (Å²) in [5, 5.41) is 3.31. The van der Waals surface area contributed by atoms with E-state index < -0.39 is 0 Å². The highest BCUT2D eigenvalue weighted by Crippen LogP contribution is 2.31. The molecule has 1 aromatic heterocycles. The fraction of sp³-hybridized carbons (Fsp3) is 0.733. The monoisotopic (exact) mass is 262 g/mol. The van der Waals surface area contributed by atoms with E-state index in [0.29, 0.717) is 0 Å². The SMILES string of the molecule is CCCN(CC1CC1)c1cc(NCC)nc(CC)n1. The number of nitrogens with one attached hydrogen (secondary N) is 1. The second-order valence-corrected chi connectivity index (χ2v) is 5.30. The molecule has 0 saturated heterocycles. The number of aryl methyl sites for hydroxylation is 1. The fourth-order valence-corrected chi connectivity index (χ4v) is 2.26. The molecule has 1 aliphatic carbocycles. The van der Waals surface area contributed by atoms with Crippen LogP contribution in [0.3, 0.4) is 0 Å². The van der Waals surface area contributed by atoms with Crippen LogP contribution in [-0.2, 0) is 6.42 Å². The van der Waals surface area contributed by atoms with Crippen molar-refractivity contribution in [2.45, 2.75) is 46.5 Å². The highest BCUT2D eigenvalue weighted by molar-refractivity contribution is 5.49. The highest BCUT2D eigenvalue weighted by Gasteiger charge is 2.25. The van der Waals surface area contributed by atoms with Gasteiger partial charge in [0.2, 0.25) is 0 Å². The Morgan fingerprint density at radius 1 is 1.26 bits per heavy atom. The zero-order valence-electron chi connectivity index (χ0n) is 12.4. The van der Waals surface area contributed by atoms with Gasteiger partial charge in [-0.3, -0.25) is 0 Å². The lowest BCUT2D eigenvalue weighted by atomic mass is 10.3. The normalized spacial score (nSPS) is 14.5. The summed E-state index contributed by atoms with van der Waals surface area (Å²) in [5.74, 6) is 3.87. The number of hydrogen-bond donors (Lipinski definition) is 1. The summed E-state index contributed by atoms with van der Waals surface area (Å²) in [5.41, 5.74) is 0. The first-order chi connectivity index (χ1) is 9.26. The van der Waals surface area contributed by atoms with Gasteiger partial charge in [0, 0.05) is 32.1 Å². The molecule has 0 unspecified atom stereocenters. The molecule has 1 aromatic rings. The van der Waals surface area contributed by atoms with Crippen molar-refractivity contribution in [3.8, 4) is 0 Å². The van der Waals surface area contributed by atoms with Crippen molar-refractivity contribution in [1.29, 1.82) is 0 Å². The molecule has 4 heteroatoms. The van der Waals surface area contributed by atoms with Crippen LogP contribution >= 0.6 is 0 Å². The van der Waals surface area contributed by atoms with Gasteiger partial charge < -0.3 is 10.2 Å². The van der Waals surface area contributed by atoms with E-state index in [0.717, 1.165) is 55.9 Å². The van der Waals surface area contributed by atoms with Gasteiger partial charge in [-0.2, -0.15) is 0 Å². The number of rotatable bonds is 8. The van der Waals surface area contributed by atoms with Crippen molar-refractivity contribution in [1.82, 2.24) is 9.97 Å². The van der Waals surface area contributed by atoms with Crippen LogP contribution in [0.1, 0.15) is 45.9 Å². The molecule has 0 bridgehead atoms. The van der Waals surface area contributed by atoms with E-state index >= 15 is 0 Å². The zero-order valence-corrected chi connectivity index (χ0v) is 12.4. The molecule has 1 aliphatic rings. The Hall–Kier alpha value is -1.32. The van der Waals surface area contributed by atoms with E-state index in [4.69, 9.17) is 4.98 Å². The van der Waals surface area contributed by atoms with E-state index in [2.05, 4.69) is 42.0 Å². The Morgan fingerprint density at radius 2 is 2.05 bits per heavy atom. The highest BCUT2D eigenvalue weighted by atomic mass is 15.2. The summed E-state index contributed by atoms with van der Waals surface area (Å²) in [6.07, 6.45) is 4.81. The van der Waals surface area contributed by atoms with Crippen LogP contribution in [0.25, 0.3) is 0 Å². The third-order valence-corrected chi connectivity index (χ3v) is 3.43. The van der Waals surface area contributed by atoms with Gasteiger partial charge in [0.25, 0.3) is 0 Å². The number of anilines is 2. The minimum atomic E-state index is 0.883. The number of hydrogen-bond acceptors (Lipinski definition) is 4. The molecule has 106 valence electrons. The second-order valence-electron chi connectivity index (χ2n) is 5.30. The number of nitrogens with zero attached hydrogens (tertiary/aromatic N) is 3. The van der Waals surface area contributed by atoms with Crippen molar-refractivity contribution in [2.24, 2.45) is 5.92 Å². The van der Waals surface area contributed by atoms with Crippen LogP contribution in [0.4, 0.5) is 11.6 Å². The first-order valence-corrected chi connectivity index (χ1v) is 7.63. The van der Waals surface area contributed by atoms with Gasteiger partial charge in [0.05, 0.1) is 0 Å². The van der Waals surface area contributed by atoms with Crippen molar-refractivity contribution < 1.29 is 0 Å². The van der Waals surface area contributed by atoms with Crippen LogP contribution in [0, 0.1) is 5.92 Å². The Balaban J connectivity index is 2.19. The van der Waals surface area contributed by atoms with E-state index in [1.54, 1.807) is 0 Å². The topological polar surface area (TPSA) is 41.0 Å². The fourth-order valence-electron chi connectivity index (χ4n) is 2.26. The lowest BCUT2D eigenvalue weighted by Gasteiger charge is -2.24. The predicted molar refractivity (Wildman–Crippen MR) is 80.8 cm³/mol. The molecule has 0 radical (unpaired) electrons. The van der Waals surface area contributed by atoms with Gasteiger partial charge >= 0.3 is 0 Å². The molecule has 0 aromatic carbocycles. The minimum absolute atomic E-state index is 0.883. The van der Waals surface area contributed by atoms with Crippen LogP contribution in [0.2, 0.25) is 0 Å². The molecular formula is C15H26N4. The second kappa shape index (κ2) is 6.73. The third-order valence-electron chi connectivity index (χ3n) is 3.43. The molecule has 1 saturated carbocycles. The van der Waals surface area contributed by atoms with Crippen LogP contribution in [-0.4, -0.2) is 29.6 Å². The Kier molecular flexibility index (Phi) is 5.00. The van der Waals surface area contributed by atoms with E-state index in [1.807, 2.05) is 0 Å². The van der Waals surface area contributed by atoms with Gasteiger partial charge in [0.1, 0.15) is 17.5 Å². The zero-order chi connectivity index (χ0) is 13.7. The van der Waals surface area contributed by atoms with Crippen LogP contribution in [0.15, 0.2) is 6.07 Å². The van der Waals surface area contributed by atoms with Crippen molar-refractivity contribution in [2.75, 3.05) is 29.9 Å². The molecule has 0 atom stereocenters. The molecule has 4 nitrogen and oxygen atoms in total. The first kappa shape index (κ1) is 14.1.